The molecule has 1 aliphatic heterocycles. The van der Waals surface area contributed by atoms with Crippen molar-refractivity contribution in [2.75, 3.05) is 25.7 Å². The van der Waals surface area contributed by atoms with Crippen molar-refractivity contribution in [3.63, 3.8) is 0 Å². The van der Waals surface area contributed by atoms with Gasteiger partial charge in [0.1, 0.15) is 11.5 Å². The Labute approximate surface area is 151 Å². The summed E-state index contributed by atoms with van der Waals surface area (Å²) in [4.78, 5) is 30.4. The van der Waals surface area contributed by atoms with Crippen LogP contribution in [0.2, 0.25) is 0 Å². The Hall–Kier alpha value is -3.09. The summed E-state index contributed by atoms with van der Waals surface area (Å²) < 4.78 is 10.6. The maximum absolute atomic E-state index is 12.4. The molecule has 0 aliphatic carbocycles. The zero-order valence-electron chi connectivity index (χ0n) is 14.8. The first-order chi connectivity index (χ1) is 12.6. The smallest absolute Gasteiger partial charge is 0.227 e. The molecule has 1 saturated heterocycles. The van der Waals surface area contributed by atoms with Gasteiger partial charge in [0.25, 0.3) is 0 Å². The van der Waals surface area contributed by atoms with E-state index in [0.717, 1.165) is 5.56 Å². The van der Waals surface area contributed by atoms with Gasteiger partial charge in [-0.1, -0.05) is 0 Å². The Morgan fingerprint density at radius 1 is 1.23 bits per heavy atom. The highest BCUT2D eigenvalue weighted by Crippen LogP contribution is 2.35. The first kappa shape index (κ1) is 17.7. The van der Waals surface area contributed by atoms with E-state index >= 15 is 0 Å². The van der Waals surface area contributed by atoms with Gasteiger partial charge in [-0.2, -0.15) is 0 Å². The predicted molar refractivity (Wildman–Crippen MR) is 96.1 cm³/mol. The van der Waals surface area contributed by atoms with E-state index in [-0.39, 0.29) is 18.2 Å². The number of rotatable bonds is 6. The molecule has 1 unspecified atom stereocenters. The molecule has 7 nitrogen and oxygen atoms in total. The third-order valence-corrected chi connectivity index (χ3v) is 4.39. The number of methoxy groups -OCH3 is 2. The lowest BCUT2D eigenvalue weighted by molar-refractivity contribution is -0.126. The highest BCUT2D eigenvalue weighted by molar-refractivity contribution is 6.01. The number of hydrogen-bond acceptors (Lipinski definition) is 5. The summed E-state index contributed by atoms with van der Waals surface area (Å²) in [6, 6.07) is 8.94. The van der Waals surface area contributed by atoms with Crippen molar-refractivity contribution < 1.29 is 19.1 Å². The van der Waals surface area contributed by atoms with E-state index in [4.69, 9.17) is 9.47 Å². The Bertz CT molecular complexity index is 795. The van der Waals surface area contributed by atoms with Crippen LogP contribution in [-0.2, 0) is 16.1 Å². The lowest BCUT2D eigenvalue weighted by Crippen LogP contribution is -2.32. The average Bonchev–Trinajstić information content (AvgIpc) is 3.08. The van der Waals surface area contributed by atoms with E-state index in [2.05, 4.69) is 10.3 Å². The number of carbonyl (C=O) groups excluding carboxylic acids is 2. The molecule has 1 atom stereocenters. The van der Waals surface area contributed by atoms with Crippen LogP contribution in [0.3, 0.4) is 0 Å². The Morgan fingerprint density at radius 3 is 2.69 bits per heavy atom. The summed E-state index contributed by atoms with van der Waals surface area (Å²) in [5.41, 5.74) is 1.61. The Kier molecular flexibility index (Phi) is 5.36. The lowest BCUT2D eigenvalue weighted by Gasteiger charge is -2.20. The van der Waals surface area contributed by atoms with Crippen LogP contribution < -0.4 is 19.7 Å². The lowest BCUT2D eigenvalue weighted by atomic mass is 10.1. The summed E-state index contributed by atoms with van der Waals surface area (Å²) in [6.07, 6.45) is 3.54. The summed E-state index contributed by atoms with van der Waals surface area (Å²) in [5, 5.41) is 2.88. The van der Waals surface area contributed by atoms with E-state index in [1.807, 2.05) is 12.1 Å². The molecular weight excluding hydrogens is 334 g/mol. The quantitative estimate of drug-likeness (QED) is 0.854. The van der Waals surface area contributed by atoms with E-state index in [9.17, 15) is 9.59 Å². The first-order valence-corrected chi connectivity index (χ1v) is 8.31. The number of benzene rings is 1. The minimum atomic E-state index is -0.392. The van der Waals surface area contributed by atoms with Crippen molar-refractivity contribution in [1.29, 1.82) is 0 Å². The minimum Gasteiger partial charge on any atom is -0.497 e. The molecule has 1 aliphatic rings. The summed E-state index contributed by atoms with van der Waals surface area (Å²) >= 11 is 0. The van der Waals surface area contributed by atoms with Crippen LogP contribution in [0.5, 0.6) is 11.5 Å². The van der Waals surface area contributed by atoms with Crippen molar-refractivity contribution >= 4 is 17.5 Å². The van der Waals surface area contributed by atoms with Gasteiger partial charge in [-0.25, -0.2) is 0 Å². The van der Waals surface area contributed by atoms with E-state index < -0.39 is 5.92 Å². The Balaban J connectivity index is 1.67. The molecule has 0 spiro atoms. The molecule has 0 radical (unpaired) electrons. The molecular formula is C19H21N3O4. The summed E-state index contributed by atoms with van der Waals surface area (Å²) in [7, 11) is 3.11. The van der Waals surface area contributed by atoms with Gasteiger partial charge in [-0.05, 0) is 29.8 Å². The van der Waals surface area contributed by atoms with Gasteiger partial charge in [-0.15, -0.1) is 0 Å². The zero-order valence-corrected chi connectivity index (χ0v) is 14.8. The molecule has 1 fully saturated rings. The second kappa shape index (κ2) is 7.86. The number of carbonyl (C=O) groups is 2. The number of hydrogen-bond donors (Lipinski definition) is 1. The molecule has 26 heavy (non-hydrogen) atoms. The number of nitrogens with one attached hydrogen (secondary N) is 1. The summed E-state index contributed by atoms with van der Waals surface area (Å²) in [6.45, 7) is 0.738. The summed E-state index contributed by atoms with van der Waals surface area (Å²) in [5.74, 6) is 0.554. The van der Waals surface area contributed by atoms with Gasteiger partial charge in [0.2, 0.25) is 11.8 Å². The number of aromatic nitrogens is 1. The SMILES string of the molecule is COc1ccc(N2CC(C(=O)NCc3ccncc3)CC2=O)c(OC)c1. The molecule has 2 heterocycles. The van der Waals surface area contributed by atoms with Gasteiger partial charge in [0.15, 0.2) is 0 Å². The van der Waals surface area contributed by atoms with Gasteiger partial charge in [0, 0.05) is 38.0 Å². The van der Waals surface area contributed by atoms with Gasteiger partial charge < -0.3 is 19.7 Å². The third-order valence-electron chi connectivity index (χ3n) is 4.39. The van der Waals surface area contributed by atoms with Crippen LogP contribution in [0.15, 0.2) is 42.7 Å². The molecule has 2 aromatic rings. The first-order valence-electron chi connectivity index (χ1n) is 8.31. The molecule has 3 rings (SSSR count). The van der Waals surface area contributed by atoms with Crippen LogP contribution in [0, 0.1) is 5.92 Å². The normalized spacial score (nSPS) is 16.5. The number of anilines is 1. The molecule has 0 bridgehead atoms. The molecule has 1 aromatic carbocycles. The highest BCUT2D eigenvalue weighted by Gasteiger charge is 2.36. The number of amides is 2. The van der Waals surface area contributed by atoms with Crippen molar-refractivity contribution in [3.8, 4) is 11.5 Å². The largest absolute Gasteiger partial charge is 0.497 e. The van der Waals surface area contributed by atoms with Crippen molar-refractivity contribution in [2.24, 2.45) is 5.92 Å². The predicted octanol–water partition coefficient (Wildman–Crippen LogP) is 1.77. The topological polar surface area (TPSA) is 80.8 Å². The van der Waals surface area contributed by atoms with Crippen molar-refractivity contribution in [1.82, 2.24) is 10.3 Å². The average molecular weight is 355 g/mol. The molecule has 1 N–H and O–H groups in total. The minimum absolute atomic E-state index is 0.0995. The van der Waals surface area contributed by atoms with E-state index in [0.29, 0.717) is 30.3 Å². The van der Waals surface area contributed by atoms with Crippen molar-refractivity contribution in [2.45, 2.75) is 13.0 Å². The molecule has 1 aromatic heterocycles. The number of nitrogens with zero attached hydrogens (tertiary/aromatic N) is 2. The Morgan fingerprint density at radius 2 is 2.00 bits per heavy atom. The molecule has 7 heteroatoms. The molecule has 0 saturated carbocycles. The monoisotopic (exact) mass is 355 g/mol. The maximum atomic E-state index is 12.4. The fourth-order valence-corrected chi connectivity index (χ4v) is 2.96. The molecule has 136 valence electrons. The van der Waals surface area contributed by atoms with Crippen molar-refractivity contribution in [3.05, 3.63) is 48.3 Å². The standard InChI is InChI=1S/C19H21N3O4/c1-25-15-3-4-16(17(10-15)26-2)22-12-14(9-18(22)23)19(24)21-11-13-5-7-20-8-6-13/h3-8,10,14H,9,11-12H2,1-2H3,(H,21,24). The van der Waals surface area contributed by atoms with Gasteiger partial charge >= 0.3 is 0 Å². The van der Waals surface area contributed by atoms with E-state index in [1.165, 1.54) is 7.11 Å². The van der Waals surface area contributed by atoms with Crippen LogP contribution in [0.25, 0.3) is 0 Å². The fraction of sp³-hybridized carbons (Fsp3) is 0.316. The van der Waals surface area contributed by atoms with Crippen LogP contribution >= 0.6 is 0 Å². The van der Waals surface area contributed by atoms with Crippen LogP contribution in [0.4, 0.5) is 5.69 Å². The number of ether oxygens (including phenoxy) is 2. The van der Waals surface area contributed by atoms with Crippen LogP contribution in [-0.4, -0.2) is 37.6 Å². The second-order valence-corrected chi connectivity index (χ2v) is 6.02. The second-order valence-electron chi connectivity index (χ2n) is 6.02. The van der Waals surface area contributed by atoms with E-state index in [1.54, 1.807) is 42.6 Å². The number of pyridine rings is 1. The van der Waals surface area contributed by atoms with Gasteiger partial charge in [-0.3, -0.25) is 14.6 Å². The molecule has 2 amide bonds. The third kappa shape index (κ3) is 3.77. The van der Waals surface area contributed by atoms with Gasteiger partial charge in [0.05, 0.1) is 25.8 Å². The van der Waals surface area contributed by atoms with Crippen LogP contribution in [0.1, 0.15) is 12.0 Å². The highest BCUT2D eigenvalue weighted by atomic mass is 16.5. The zero-order chi connectivity index (χ0) is 18.5. The maximum Gasteiger partial charge on any atom is 0.227 e. The fourth-order valence-electron chi connectivity index (χ4n) is 2.96.